The Bertz CT molecular complexity index is 561. The lowest BCUT2D eigenvalue weighted by atomic mass is 10.0. The summed E-state index contributed by atoms with van der Waals surface area (Å²) >= 11 is 0. The third-order valence-electron chi connectivity index (χ3n) is 2.52. The lowest BCUT2D eigenvalue weighted by Gasteiger charge is -2.07. The lowest BCUT2D eigenvalue weighted by Crippen LogP contribution is -2.26. The number of nitriles is 1. The molecule has 0 aliphatic heterocycles. The molecule has 0 spiro atoms. The molecular weight excluding hydrogens is 263 g/mol. The van der Waals surface area contributed by atoms with Crippen molar-refractivity contribution in [3.8, 4) is 6.07 Å². The summed E-state index contributed by atoms with van der Waals surface area (Å²) in [6, 6.07) is 7.00. The summed E-state index contributed by atoms with van der Waals surface area (Å²) in [5, 5.41) is 16.0. The SMILES string of the molecule is CC(=N)C(C#N)C(=O)COC(=O)Cc1ccc(F)cc1. The molecule has 0 aromatic heterocycles. The molecule has 0 radical (unpaired) electrons. The van der Waals surface area contributed by atoms with E-state index < -0.39 is 30.1 Å². The van der Waals surface area contributed by atoms with E-state index in [0.717, 1.165) is 0 Å². The number of nitrogens with one attached hydrogen (secondary N) is 1. The van der Waals surface area contributed by atoms with Crippen molar-refractivity contribution >= 4 is 17.5 Å². The highest BCUT2D eigenvalue weighted by Gasteiger charge is 2.21. The molecule has 0 saturated carbocycles. The minimum atomic E-state index is -1.19. The van der Waals surface area contributed by atoms with E-state index in [1.54, 1.807) is 6.07 Å². The van der Waals surface area contributed by atoms with Crippen LogP contribution in [0, 0.1) is 28.5 Å². The quantitative estimate of drug-likeness (QED) is 0.632. The topological polar surface area (TPSA) is 91.0 Å². The van der Waals surface area contributed by atoms with E-state index in [2.05, 4.69) is 0 Å². The molecule has 0 bridgehead atoms. The zero-order valence-electron chi connectivity index (χ0n) is 10.9. The van der Waals surface area contributed by atoms with Gasteiger partial charge in [0.25, 0.3) is 0 Å². The Morgan fingerprint density at radius 1 is 1.40 bits per heavy atom. The maximum Gasteiger partial charge on any atom is 0.310 e. The van der Waals surface area contributed by atoms with Gasteiger partial charge in [-0.3, -0.25) is 9.59 Å². The number of carbonyl (C=O) groups excluding carboxylic acids is 2. The van der Waals surface area contributed by atoms with Crippen LogP contribution in [0.3, 0.4) is 0 Å². The maximum absolute atomic E-state index is 12.7. The molecule has 0 aliphatic rings. The largest absolute Gasteiger partial charge is 0.457 e. The summed E-state index contributed by atoms with van der Waals surface area (Å²) in [5.74, 6) is -2.87. The highest BCUT2D eigenvalue weighted by Crippen LogP contribution is 2.05. The first kappa shape index (κ1) is 15.5. The van der Waals surface area contributed by atoms with Gasteiger partial charge in [0.05, 0.1) is 12.5 Å². The summed E-state index contributed by atoms with van der Waals surface area (Å²) in [4.78, 5) is 23.0. The summed E-state index contributed by atoms with van der Waals surface area (Å²) in [6.07, 6.45) is -0.0889. The van der Waals surface area contributed by atoms with E-state index in [0.29, 0.717) is 5.56 Å². The number of ether oxygens (including phenoxy) is 1. The number of Topliss-reactive ketones (excluding diaryl/α,β-unsaturated/α-hetero) is 1. The first-order valence-electron chi connectivity index (χ1n) is 5.81. The van der Waals surface area contributed by atoms with Gasteiger partial charge in [0, 0.05) is 5.71 Å². The minimum Gasteiger partial charge on any atom is -0.457 e. The second-order valence-corrected chi connectivity index (χ2v) is 4.18. The van der Waals surface area contributed by atoms with E-state index >= 15 is 0 Å². The van der Waals surface area contributed by atoms with Gasteiger partial charge >= 0.3 is 5.97 Å². The summed E-state index contributed by atoms with van der Waals surface area (Å²) in [7, 11) is 0. The zero-order chi connectivity index (χ0) is 15.1. The second kappa shape index (κ2) is 7.14. The Labute approximate surface area is 115 Å². The number of esters is 1. The van der Waals surface area contributed by atoms with Crippen LogP contribution in [0.5, 0.6) is 0 Å². The Balaban J connectivity index is 2.48. The monoisotopic (exact) mass is 276 g/mol. The third kappa shape index (κ3) is 4.61. The number of rotatable bonds is 6. The molecule has 1 atom stereocenters. The summed E-state index contributed by atoms with van der Waals surface area (Å²) in [6.45, 7) is 0.792. The fourth-order valence-corrected chi connectivity index (χ4v) is 1.47. The van der Waals surface area contributed by atoms with E-state index in [9.17, 15) is 14.0 Å². The molecule has 0 amide bonds. The fourth-order valence-electron chi connectivity index (χ4n) is 1.47. The molecule has 0 saturated heterocycles. The normalized spacial score (nSPS) is 11.2. The number of ketones is 1. The Hall–Kier alpha value is -2.55. The number of hydrogen-bond donors (Lipinski definition) is 1. The van der Waals surface area contributed by atoms with Crippen LogP contribution >= 0.6 is 0 Å². The van der Waals surface area contributed by atoms with Gasteiger partial charge in [-0.1, -0.05) is 12.1 Å². The van der Waals surface area contributed by atoms with Crippen molar-refractivity contribution in [2.45, 2.75) is 13.3 Å². The average Bonchev–Trinajstić information content (AvgIpc) is 2.39. The van der Waals surface area contributed by atoms with Crippen molar-refractivity contribution in [2.75, 3.05) is 6.61 Å². The molecule has 0 aliphatic carbocycles. The number of nitrogens with zero attached hydrogens (tertiary/aromatic N) is 1. The molecule has 1 rings (SSSR count). The fraction of sp³-hybridized carbons (Fsp3) is 0.286. The number of carbonyl (C=O) groups is 2. The van der Waals surface area contributed by atoms with Crippen molar-refractivity contribution < 1.29 is 18.7 Å². The highest BCUT2D eigenvalue weighted by atomic mass is 19.1. The van der Waals surface area contributed by atoms with Crippen LogP contribution in [-0.4, -0.2) is 24.1 Å². The predicted molar refractivity (Wildman–Crippen MR) is 68.6 cm³/mol. The molecule has 20 heavy (non-hydrogen) atoms. The molecule has 1 aromatic rings. The predicted octanol–water partition coefficient (Wildman–Crippen LogP) is 1.66. The maximum atomic E-state index is 12.7. The molecule has 1 unspecified atom stereocenters. The number of benzene rings is 1. The van der Waals surface area contributed by atoms with Gasteiger partial charge in [0.1, 0.15) is 11.7 Å². The minimum absolute atomic E-state index is 0.0889. The van der Waals surface area contributed by atoms with Gasteiger partial charge < -0.3 is 10.1 Å². The molecule has 5 nitrogen and oxygen atoms in total. The van der Waals surface area contributed by atoms with E-state index in [4.69, 9.17) is 15.4 Å². The van der Waals surface area contributed by atoms with Crippen LogP contribution in [0.4, 0.5) is 4.39 Å². The second-order valence-electron chi connectivity index (χ2n) is 4.18. The molecule has 1 N–H and O–H groups in total. The zero-order valence-corrected chi connectivity index (χ0v) is 10.9. The van der Waals surface area contributed by atoms with Crippen LogP contribution in [-0.2, 0) is 20.7 Å². The highest BCUT2D eigenvalue weighted by molar-refractivity contribution is 6.06. The van der Waals surface area contributed by atoms with Crippen molar-refractivity contribution in [2.24, 2.45) is 5.92 Å². The first-order valence-corrected chi connectivity index (χ1v) is 5.81. The molecular formula is C14H13FN2O3. The summed E-state index contributed by atoms with van der Waals surface area (Å²) in [5.41, 5.74) is 0.469. The van der Waals surface area contributed by atoms with Crippen molar-refractivity contribution in [1.82, 2.24) is 0 Å². The van der Waals surface area contributed by atoms with Gasteiger partial charge in [0.2, 0.25) is 0 Å². The molecule has 104 valence electrons. The van der Waals surface area contributed by atoms with Crippen LogP contribution in [0.2, 0.25) is 0 Å². The first-order chi connectivity index (χ1) is 9.43. The van der Waals surface area contributed by atoms with Crippen LogP contribution in [0.1, 0.15) is 12.5 Å². The van der Waals surface area contributed by atoms with Crippen molar-refractivity contribution in [1.29, 1.82) is 10.7 Å². The Morgan fingerprint density at radius 2 is 2.00 bits per heavy atom. The third-order valence-corrected chi connectivity index (χ3v) is 2.52. The van der Waals surface area contributed by atoms with Crippen LogP contribution < -0.4 is 0 Å². The molecule has 1 aromatic carbocycles. The number of hydrogen-bond acceptors (Lipinski definition) is 5. The molecule has 0 heterocycles. The van der Waals surface area contributed by atoms with Crippen molar-refractivity contribution in [3.05, 3.63) is 35.6 Å². The van der Waals surface area contributed by atoms with Crippen LogP contribution in [0.15, 0.2) is 24.3 Å². The van der Waals surface area contributed by atoms with E-state index in [1.807, 2.05) is 0 Å². The smallest absolute Gasteiger partial charge is 0.310 e. The lowest BCUT2D eigenvalue weighted by molar-refractivity contribution is -0.147. The van der Waals surface area contributed by atoms with Crippen LogP contribution in [0.25, 0.3) is 0 Å². The van der Waals surface area contributed by atoms with Crippen molar-refractivity contribution in [3.63, 3.8) is 0 Å². The standard InChI is InChI=1S/C14H13FN2O3/c1-9(17)12(7-16)13(18)8-20-14(19)6-10-2-4-11(15)5-3-10/h2-5,12,17H,6,8H2,1H3. The van der Waals surface area contributed by atoms with Gasteiger partial charge in [-0.2, -0.15) is 5.26 Å². The van der Waals surface area contributed by atoms with E-state index in [-0.39, 0.29) is 12.1 Å². The summed E-state index contributed by atoms with van der Waals surface area (Å²) < 4.78 is 17.4. The van der Waals surface area contributed by atoms with Gasteiger partial charge in [0.15, 0.2) is 12.4 Å². The van der Waals surface area contributed by atoms with E-state index in [1.165, 1.54) is 31.2 Å². The number of halogens is 1. The average molecular weight is 276 g/mol. The van der Waals surface area contributed by atoms with Gasteiger partial charge in [-0.15, -0.1) is 0 Å². The molecule has 0 fully saturated rings. The Morgan fingerprint density at radius 3 is 2.50 bits per heavy atom. The van der Waals surface area contributed by atoms with Gasteiger partial charge in [-0.05, 0) is 24.6 Å². The molecule has 6 heteroatoms. The Kier molecular flexibility index (Phi) is 5.54. The van der Waals surface area contributed by atoms with Gasteiger partial charge in [-0.25, -0.2) is 4.39 Å².